The van der Waals surface area contributed by atoms with Crippen molar-refractivity contribution in [3.63, 3.8) is 0 Å². The Kier molecular flexibility index (Phi) is 6.13. The molecule has 25 heavy (non-hydrogen) atoms. The number of aliphatic imine (C=N–C) groups is 1. The third kappa shape index (κ3) is 5.28. The summed E-state index contributed by atoms with van der Waals surface area (Å²) in [5.41, 5.74) is 2.43. The fraction of sp³-hybridized carbons (Fsp3) is 0.364. The molecule has 2 atom stereocenters. The van der Waals surface area contributed by atoms with Gasteiger partial charge in [0.2, 0.25) is 0 Å². The Morgan fingerprint density at radius 3 is 1.84 bits per heavy atom. The second-order valence-electron chi connectivity index (χ2n) is 7.42. The van der Waals surface area contributed by atoms with E-state index in [1.807, 2.05) is 95.3 Å². The van der Waals surface area contributed by atoms with Gasteiger partial charge in [0, 0.05) is 5.41 Å². The number of nitrogens with zero attached hydrogens (tertiary/aromatic N) is 1. The normalized spacial score (nSPS) is 14.7. The lowest BCUT2D eigenvalue weighted by atomic mass is 9.88. The number of benzene rings is 2. The molecule has 3 nitrogen and oxygen atoms in total. The number of carbonyl (C=O) groups excluding carboxylic acids is 1. The fourth-order valence-corrected chi connectivity index (χ4v) is 2.68. The van der Waals surface area contributed by atoms with E-state index in [0.29, 0.717) is 5.71 Å². The van der Waals surface area contributed by atoms with E-state index in [2.05, 4.69) is 5.32 Å². The maximum Gasteiger partial charge on any atom is 0.266 e. The molecule has 132 valence electrons. The molecule has 0 bridgehead atoms. The van der Waals surface area contributed by atoms with Crippen LogP contribution < -0.4 is 5.32 Å². The van der Waals surface area contributed by atoms with Gasteiger partial charge in [-0.15, -0.1) is 0 Å². The molecule has 0 aromatic heterocycles. The molecule has 0 aliphatic heterocycles. The third-order valence-corrected chi connectivity index (χ3v) is 4.18. The molecule has 0 spiro atoms. The van der Waals surface area contributed by atoms with E-state index in [4.69, 9.17) is 4.99 Å². The largest absolute Gasteiger partial charge is 0.344 e. The number of nitrogens with one attached hydrogen (secondary N) is 1. The van der Waals surface area contributed by atoms with Gasteiger partial charge in [0.05, 0.1) is 12.1 Å². The van der Waals surface area contributed by atoms with Crippen molar-refractivity contribution >= 4 is 11.6 Å². The second kappa shape index (κ2) is 8.11. The summed E-state index contributed by atoms with van der Waals surface area (Å²) in [6.07, 6.45) is 0. The van der Waals surface area contributed by atoms with Crippen LogP contribution in [0.15, 0.2) is 65.7 Å². The first-order valence-corrected chi connectivity index (χ1v) is 8.78. The monoisotopic (exact) mass is 336 g/mol. The van der Waals surface area contributed by atoms with Crippen LogP contribution in [0.3, 0.4) is 0 Å². The quantitative estimate of drug-likeness (QED) is 0.757. The second-order valence-corrected chi connectivity index (χ2v) is 7.42. The van der Waals surface area contributed by atoms with Gasteiger partial charge >= 0.3 is 0 Å². The van der Waals surface area contributed by atoms with Gasteiger partial charge in [-0.05, 0) is 25.0 Å². The van der Waals surface area contributed by atoms with Crippen LogP contribution in [0.25, 0.3) is 0 Å². The van der Waals surface area contributed by atoms with Gasteiger partial charge < -0.3 is 5.32 Å². The van der Waals surface area contributed by atoms with E-state index < -0.39 is 0 Å². The van der Waals surface area contributed by atoms with Crippen LogP contribution in [-0.4, -0.2) is 11.6 Å². The molecule has 0 aliphatic rings. The molecule has 0 heterocycles. The third-order valence-electron chi connectivity index (χ3n) is 4.18. The van der Waals surface area contributed by atoms with Crippen molar-refractivity contribution in [1.82, 2.24) is 5.32 Å². The molecule has 3 heteroatoms. The minimum atomic E-state index is -0.330. The molecule has 0 radical (unpaired) electrons. The van der Waals surface area contributed by atoms with Crippen LogP contribution in [0.5, 0.6) is 0 Å². The van der Waals surface area contributed by atoms with Crippen molar-refractivity contribution in [1.29, 1.82) is 0 Å². The molecular weight excluding hydrogens is 308 g/mol. The van der Waals surface area contributed by atoms with Crippen molar-refractivity contribution in [2.45, 2.75) is 46.7 Å². The van der Waals surface area contributed by atoms with Crippen molar-refractivity contribution in [3.05, 3.63) is 71.8 Å². The summed E-state index contributed by atoms with van der Waals surface area (Å²) < 4.78 is 0. The predicted molar refractivity (Wildman–Crippen MR) is 105 cm³/mol. The van der Waals surface area contributed by atoms with Gasteiger partial charge in [0.15, 0.2) is 0 Å². The SMILES string of the molecule is C[C@H](NC(=O)C(=N[C@H](C)c1ccccc1)C(C)(C)C)c1ccccc1. The summed E-state index contributed by atoms with van der Waals surface area (Å²) in [7, 11) is 0. The molecule has 2 aromatic carbocycles. The minimum absolute atomic E-state index is 0.0618. The van der Waals surface area contributed by atoms with E-state index in [1.54, 1.807) is 0 Å². The highest BCUT2D eigenvalue weighted by Crippen LogP contribution is 2.23. The summed E-state index contributed by atoms with van der Waals surface area (Å²) >= 11 is 0. The highest BCUT2D eigenvalue weighted by atomic mass is 16.2. The van der Waals surface area contributed by atoms with E-state index in [1.165, 1.54) is 0 Å². The summed E-state index contributed by atoms with van der Waals surface area (Å²) in [6.45, 7) is 10.1. The van der Waals surface area contributed by atoms with Crippen molar-refractivity contribution in [2.75, 3.05) is 0 Å². The summed E-state index contributed by atoms with van der Waals surface area (Å²) in [5, 5.41) is 3.09. The van der Waals surface area contributed by atoms with Crippen LogP contribution in [0.2, 0.25) is 0 Å². The topological polar surface area (TPSA) is 41.5 Å². The van der Waals surface area contributed by atoms with Crippen LogP contribution in [0, 0.1) is 5.41 Å². The number of hydrogen-bond acceptors (Lipinski definition) is 2. The zero-order valence-corrected chi connectivity index (χ0v) is 15.8. The molecule has 1 N–H and O–H groups in total. The number of carbonyl (C=O) groups is 1. The highest BCUT2D eigenvalue weighted by molar-refractivity contribution is 6.40. The molecule has 0 aliphatic carbocycles. The minimum Gasteiger partial charge on any atom is -0.344 e. The summed E-state index contributed by atoms with van der Waals surface area (Å²) in [5.74, 6) is -0.105. The molecule has 0 unspecified atom stereocenters. The van der Waals surface area contributed by atoms with Gasteiger partial charge in [-0.25, -0.2) is 0 Å². The Bertz CT molecular complexity index is 715. The first kappa shape index (κ1) is 18.9. The van der Waals surface area contributed by atoms with Crippen molar-refractivity contribution in [3.8, 4) is 0 Å². The van der Waals surface area contributed by atoms with Crippen LogP contribution in [-0.2, 0) is 4.79 Å². The Labute approximate surface area is 151 Å². The Hall–Kier alpha value is -2.42. The Balaban J connectivity index is 2.22. The average Bonchev–Trinajstić information content (AvgIpc) is 2.59. The first-order chi connectivity index (χ1) is 11.8. The Morgan fingerprint density at radius 2 is 1.36 bits per heavy atom. The lowest BCUT2D eigenvalue weighted by Gasteiger charge is -2.24. The smallest absolute Gasteiger partial charge is 0.266 e. The van der Waals surface area contributed by atoms with E-state index in [9.17, 15) is 4.79 Å². The lowest BCUT2D eigenvalue weighted by molar-refractivity contribution is -0.115. The zero-order chi connectivity index (χ0) is 18.4. The van der Waals surface area contributed by atoms with Crippen LogP contribution in [0.1, 0.15) is 57.8 Å². The van der Waals surface area contributed by atoms with Gasteiger partial charge in [0.1, 0.15) is 5.71 Å². The molecule has 2 rings (SSSR count). The van der Waals surface area contributed by atoms with Crippen molar-refractivity contribution in [2.24, 2.45) is 10.4 Å². The number of rotatable bonds is 5. The maximum absolute atomic E-state index is 12.9. The van der Waals surface area contributed by atoms with E-state index >= 15 is 0 Å². The standard InChI is InChI=1S/C22H28N2O/c1-16(18-12-8-6-9-13-18)23-20(22(3,4)5)21(25)24-17(2)19-14-10-7-11-15-19/h6-17H,1-5H3,(H,24,25)/t16-,17+/m1/s1. The molecule has 2 aromatic rings. The van der Waals surface area contributed by atoms with Crippen LogP contribution >= 0.6 is 0 Å². The van der Waals surface area contributed by atoms with Crippen molar-refractivity contribution < 1.29 is 4.79 Å². The average molecular weight is 336 g/mol. The molecule has 0 fully saturated rings. The van der Waals surface area contributed by atoms with Gasteiger partial charge in [-0.1, -0.05) is 81.4 Å². The number of amides is 1. The zero-order valence-electron chi connectivity index (χ0n) is 15.8. The molecular formula is C22H28N2O. The van der Waals surface area contributed by atoms with E-state index in [0.717, 1.165) is 11.1 Å². The van der Waals surface area contributed by atoms with Crippen LogP contribution in [0.4, 0.5) is 0 Å². The molecule has 1 amide bonds. The van der Waals surface area contributed by atoms with Gasteiger partial charge in [-0.2, -0.15) is 0 Å². The van der Waals surface area contributed by atoms with Gasteiger partial charge in [0.25, 0.3) is 5.91 Å². The van der Waals surface area contributed by atoms with Gasteiger partial charge in [-0.3, -0.25) is 9.79 Å². The maximum atomic E-state index is 12.9. The predicted octanol–water partition coefficient (Wildman–Crippen LogP) is 5.11. The Morgan fingerprint density at radius 1 is 0.880 bits per heavy atom. The lowest BCUT2D eigenvalue weighted by Crippen LogP contribution is -2.40. The molecule has 0 saturated heterocycles. The summed E-state index contributed by atoms with van der Waals surface area (Å²) in [4.78, 5) is 17.7. The van der Waals surface area contributed by atoms with E-state index in [-0.39, 0.29) is 23.4 Å². The number of hydrogen-bond donors (Lipinski definition) is 1. The fourth-order valence-electron chi connectivity index (χ4n) is 2.68. The first-order valence-electron chi connectivity index (χ1n) is 8.78. The summed E-state index contributed by atoms with van der Waals surface area (Å²) in [6, 6.07) is 19.9. The molecule has 0 saturated carbocycles. The highest BCUT2D eigenvalue weighted by Gasteiger charge is 2.27.